The Kier molecular flexibility index (Phi) is 3.87. The average Bonchev–Trinajstić information content (AvgIpc) is 2.47. The van der Waals surface area contributed by atoms with E-state index < -0.39 is 6.10 Å². The van der Waals surface area contributed by atoms with E-state index in [9.17, 15) is 9.50 Å². The van der Waals surface area contributed by atoms with Gasteiger partial charge >= 0.3 is 0 Å². The maximum absolute atomic E-state index is 13.2. The monoisotopic (exact) mass is 352 g/mol. The van der Waals surface area contributed by atoms with E-state index in [1.54, 1.807) is 13.2 Å². The molecule has 1 aliphatic rings. The van der Waals surface area contributed by atoms with Gasteiger partial charge in [-0.05, 0) is 51.8 Å². The Bertz CT molecular complexity index is 675. The van der Waals surface area contributed by atoms with Crippen molar-refractivity contribution >= 4 is 15.9 Å². The topological polar surface area (TPSA) is 38.7 Å². The van der Waals surface area contributed by atoms with Gasteiger partial charge in [0.25, 0.3) is 0 Å². The molecular weight excluding hydrogens is 339 g/mol. The normalized spacial score (nSPS) is 20.6. The molecule has 2 aromatic rings. The standard InChI is InChI=1S/C16H14BrFO3/c1-20-15-4-2-9(6-12(15)17)16-8-13(19)11-7-10(18)3-5-14(11)21-16/h2-7,13,16,19H,8H2,1H3. The number of aliphatic hydroxyl groups excluding tert-OH is 1. The number of rotatable bonds is 2. The highest BCUT2D eigenvalue weighted by Gasteiger charge is 2.28. The second-order valence-electron chi connectivity index (χ2n) is 4.93. The van der Waals surface area contributed by atoms with Crippen LogP contribution in [-0.4, -0.2) is 12.2 Å². The zero-order valence-corrected chi connectivity index (χ0v) is 12.9. The molecule has 2 aromatic carbocycles. The van der Waals surface area contributed by atoms with E-state index >= 15 is 0 Å². The third-order valence-corrected chi connectivity index (χ3v) is 4.20. The summed E-state index contributed by atoms with van der Waals surface area (Å²) in [4.78, 5) is 0. The highest BCUT2D eigenvalue weighted by molar-refractivity contribution is 9.10. The predicted octanol–water partition coefficient (Wildman–Crippen LogP) is 4.15. The van der Waals surface area contributed by atoms with Crippen molar-refractivity contribution in [3.63, 3.8) is 0 Å². The average molecular weight is 353 g/mol. The summed E-state index contributed by atoms with van der Waals surface area (Å²) in [6, 6.07) is 9.85. The van der Waals surface area contributed by atoms with Crippen LogP contribution in [0.5, 0.6) is 11.5 Å². The molecule has 21 heavy (non-hydrogen) atoms. The Morgan fingerprint density at radius 3 is 2.81 bits per heavy atom. The van der Waals surface area contributed by atoms with Crippen molar-refractivity contribution in [3.8, 4) is 11.5 Å². The molecule has 110 valence electrons. The van der Waals surface area contributed by atoms with Gasteiger partial charge < -0.3 is 14.6 Å². The zero-order chi connectivity index (χ0) is 15.0. The van der Waals surface area contributed by atoms with Gasteiger partial charge in [0.2, 0.25) is 0 Å². The number of methoxy groups -OCH3 is 1. The molecule has 0 amide bonds. The predicted molar refractivity (Wildman–Crippen MR) is 80.0 cm³/mol. The van der Waals surface area contributed by atoms with E-state index in [1.807, 2.05) is 18.2 Å². The Hall–Kier alpha value is -1.59. The van der Waals surface area contributed by atoms with Gasteiger partial charge in [0.15, 0.2) is 0 Å². The van der Waals surface area contributed by atoms with Crippen LogP contribution >= 0.6 is 15.9 Å². The molecule has 1 heterocycles. The molecule has 3 nitrogen and oxygen atoms in total. The number of benzene rings is 2. The summed E-state index contributed by atoms with van der Waals surface area (Å²) in [7, 11) is 1.60. The van der Waals surface area contributed by atoms with Gasteiger partial charge in [-0.25, -0.2) is 4.39 Å². The van der Waals surface area contributed by atoms with E-state index in [2.05, 4.69) is 15.9 Å². The minimum Gasteiger partial charge on any atom is -0.496 e. The first-order chi connectivity index (χ1) is 10.1. The summed E-state index contributed by atoms with van der Waals surface area (Å²) in [5.41, 5.74) is 1.43. The molecule has 0 saturated carbocycles. The van der Waals surface area contributed by atoms with Gasteiger partial charge in [0.1, 0.15) is 23.4 Å². The maximum atomic E-state index is 13.2. The fraction of sp³-hybridized carbons (Fsp3) is 0.250. The number of hydrogen-bond acceptors (Lipinski definition) is 3. The van der Waals surface area contributed by atoms with Gasteiger partial charge in [-0.15, -0.1) is 0 Å². The van der Waals surface area contributed by atoms with Gasteiger partial charge in [-0.3, -0.25) is 0 Å². The van der Waals surface area contributed by atoms with E-state index in [-0.39, 0.29) is 11.9 Å². The first-order valence-corrected chi connectivity index (χ1v) is 7.35. The zero-order valence-electron chi connectivity index (χ0n) is 11.3. The Balaban J connectivity index is 1.92. The van der Waals surface area contributed by atoms with Crippen molar-refractivity contribution in [1.82, 2.24) is 0 Å². The summed E-state index contributed by atoms with van der Waals surface area (Å²) >= 11 is 3.44. The number of aliphatic hydroxyl groups is 1. The molecule has 0 radical (unpaired) electrons. The van der Waals surface area contributed by atoms with Crippen LogP contribution in [-0.2, 0) is 0 Å². The van der Waals surface area contributed by atoms with Crippen LogP contribution in [0, 0.1) is 5.82 Å². The van der Waals surface area contributed by atoms with Gasteiger partial charge in [0.05, 0.1) is 17.7 Å². The molecule has 1 aliphatic heterocycles. The molecule has 0 aromatic heterocycles. The van der Waals surface area contributed by atoms with Crippen LogP contribution < -0.4 is 9.47 Å². The lowest BCUT2D eigenvalue weighted by Crippen LogP contribution is -2.19. The largest absolute Gasteiger partial charge is 0.496 e. The van der Waals surface area contributed by atoms with E-state index in [4.69, 9.17) is 9.47 Å². The van der Waals surface area contributed by atoms with E-state index in [1.165, 1.54) is 12.1 Å². The van der Waals surface area contributed by atoms with Crippen LogP contribution in [0.3, 0.4) is 0 Å². The smallest absolute Gasteiger partial charge is 0.133 e. The number of ether oxygens (including phenoxy) is 2. The molecule has 0 bridgehead atoms. The molecule has 5 heteroatoms. The first-order valence-electron chi connectivity index (χ1n) is 6.56. The molecule has 1 N–H and O–H groups in total. The SMILES string of the molecule is COc1ccc(C2CC(O)c3cc(F)ccc3O2)cc1Br. The summed E-state index contributed by atoms with van der Waals surface area (Å²) in [6.45, 7) is 0. The summed E-state index contributed by atoms with van der Waals surface area (Å²) in [6.07, 6.45) is -0.634. The second kappa shape index (κ2) is 5.66. The third-order valence-electron chi connectivity index (χ3n) is 3.59. The quantitative estimate of drug-likeness (QED) is 0.882. The number of hydrogen-bond donors (Lipinski definition) is 1. The number of fused-ring (bicyclic) bond motifs is 1. The van der Waals surface area contributed by atoms with Crippen LogP contribution in [0.2, 0.25) is 0 Å². The fourth-order valence-corrected chi connectivity index (χ4v) is 3.06. The second-order valence-corrected chi connectivity index (χ2v) is 5.79. The van der Waals surface area contributed by atoms with Crippen LogP contribution in [0.4, 0.5) is 4.39 Å². The van der Waals surface area contributed by atoms with Crippen molar-refractivity contribution in [3.05, 3.63) is 57.8 Å². The number of halogens is 2. The molecule has 3 rings (SSSR count). The highest BCUT2D eigenvalue weighted by Crippen LogP contribution is 2.42. The fourth-order valence-electron chi connectivity index (χ4n) is 2.51. The van der Waals surface area contributed by atoms with Crippen molar-refractivity contribution in [2.45, 2.75) is 18.6 Å². The van der Waals surface area contributed by atoms with Gasteiger partial charge in [-0.1, -0.05) is 6.07 Å². The molecule has 0 saturated heterocycles. The van der Waals surface area contributed by atoms with Crippen LogP contribution in [0.15, 0.2) is 40.9 Å². The van der Waals surface area contributed by atoms with E-state index in [0.29, 0.717) is 17.7 Å². The molecule has 2 atom stereocenters. The third kappa shape index (κ3) is 2.76. The molecular formula is C16H14BrFO3. The van der Waals surface area contributed by atoms with Crippen molar-refractivity contribution < 1.29 is 19.0 Å². The molecule has 0 aliphatic carbocycles. The molecule has 0 spiro atoms. The van der Waals surface area contributed by atoms with Crippen molar-refractivity contribution in [1.29, 1.82) is 0 Å². The van der Waals surface area contributed by atoms with Crippen LogP contribution in [0.1, 0.15) is 29.8 Å². The maximum Gasteiger partial charge on any atom is 0.133 e. The van der Waals surface area contributed by atoms with Crippen molar-refractivity contribution in [2.75, 3.05) is 7.11 Å². The lowest BCUT2D eigenvalue weighted by molar-refractivity contribution is 0.0653. The van der Waals surface area contributed by atoms with Crippen LogP contribution in [0.25, 0.3) is 0 Å². The summed E-state index contributed by atoms with van der Waals surface area (Å²) in [5, 5.41) is 10.2. The highest BCUT2D eigenvalue weighted by atomic mass is 79.9. The molecule has 0 fully saturated rings. The minimum atomic E-state index is -0.740. The van der Waals surface area contributed by atoms with Gasteiger partial charge in [-0.2, -0.15) is 0 Å². The first kappa shape index (κ1) is 14.4. The Morgan fingerprint density at radius 2 is 2.10 bits per heavy atom. The van der Waals surface area contributed by atoms with E-state index in [0.717, 1.165) is 15.8 Å². The van der Waals surface area contributed by atoms with Gasteiger partial charge in [0, 0.05) is 12.0 Å². The van der Waals surface area contributed by atoms with Crippen molar-refractivity contribution in [2.24, 2.45) is 0 Å². The lowest BCUT2D eigenvalue weighted by Gasteiger charge is -2.30. The molecule has 2 unspecified atom stereocenters. The minimum absolute atomic E-state index is 0.278. The summed E-state index contributed by atoms with van der Waals surface area (Å²) < 4.78 is 25.1. The Labute approximate surface area is 130 Å². The Morgan fingerprint density at radius 1 is 1.29 bits per heavy atom. The lowest BCUT2D eigenvalue weighted by atomic mass is 9.95. The summed E-state index contributed by atoms with van der Waals surface area (Å²) in [5.74, 6) is 0.881.